The van der Waals surface area contributed by atoms with Crippen LogP contribution in [0.5, 0.6) is 11.5 Å². The minimum atomic E-state index is -1.42. The summed E-state index contributed by atoms with van der Waals surface area (Å²) in [5.41, 5.74) is -1.67. The van der Waals surface area contributed by atoms with Crippen LogP contribution in [-0.4, -0.2) is 74.9 Å². The van der Waals surface area contributed by atoms with E-state index in [-0.39, 0.29) is 70.7 Å². The molecule has 0 aromatic heterocycles. The van der Waals surface area contributed by atoms with E-state index in [2.05, 4.69) is 0 Å². The van der Waals surface area contributed by atoms with Crippen LogP contribution in [0.15, 0.2) is 18.2 Å². The molecule has 2 aromatic rings. The van der Waals surface area contributed by atoms with Crippen LogP contribution in [0.3, 0.4) is 0 Å². The van der Waals surface area contributed by atoms with Gasteiger partial charge in [-0.25, -0.2) is 0 Å². The zero-order chi connectivity index (χ0) is 28.2. The standard InChI is InChI=1S/C29H34O10/c1-13-9-19(38-14(2)24(13)31)39-18-11-29(36,7-8-37-3)10-17-21(18)28(35)23-22(26(17)33)25(32)16-6-4-5-15(12-30)20(16)27(23)34/h4-6,13-14,18-19,24,30-31,33,35-36H,7-12H2,1-3H3/t13-,14?,18+,19+,24+,29+/m1/s1. The molecule has 6 atom stereocenters. The Morgan fingerprint density at radius 1 is 1.08 bits per heavy atom. The Balaban J connectivity index is 1.65. The second-order valence-corrected chi connectivity index (χ2v) is 10.9. The molecule has 0 radical (unpaired) electrons. The molecule has 1 unspecified atom stereocenters. The van der Waals surface area contributed by atoms with Crippen molar-refractivity contribution in [2.75, 3.05) is 13.7 Å². The SMILES string of the molecule is COCC[C@]1(O)Cc2c(O)c3c(c(O)c2[C@@H](O[C@H]2C[C@@H](C)[C@H](O)C(C)O2)C1)C(=O)c1c(CO)cccc1C3=O. The minimum Gasteiger partial charge on any atom is -0.507 e. The first-order valence-electron chi connectivity index (χ1n) is 13.1. The molecule has 0 saturated carbocycles. The van der Waals surface area contributed by atoms with Gasteiger partial charge in [0, 0.05) is 55.2 Å². The van der Waals surface area contributed by atoms with Gasteiger partial charge >= 0.3 is 0 Å². The summed E-state index contributed by atoms with van der Waals surface area (Å²) in [6.07, 6.45) is -2.59. The van der Waals surface area contributed by atoms with Crippen LogP contribution in [0.4, 0.5) is 0 Å². The van der Waals surface area contributed by atoms with E-state index < -0.39 is 59.9 Å². The molecule has 2 aromatic carbocycles. The summed E-state index contributed by atoms with van der Waals surface area (Å²) in [5, 5.41) is 54.7. The third-order valence-corrected chi connectivity index (χ3v) is 8.31. The van der Waals surface area contributed by atoms with Gasteiger partial charge in [0.05, 0.1) is 41.6 Å². The minimum absolute atomic E-state index is 0.000929. The third kappa shape index (κ3) is 4.55. The van der Waals surface area contributed by atoms with E-state index in [4.69, 9.17) is 14.2 Å². The second-order valence-electron chi connectivity index (χ2n) is 10.9. The topological polar surface area (TPSA) is 163 Å². The summed E-state index contributed by atoms with van der Waals surface area (Å²) in [4.78, 5) is 27.2. The highest BCUT2D eigenvalue weighted by atomic mass is 16.7. The number of phenolic OH excluding ortho intramolecular Hbond substituents is 2. The quantitative estimate of drug-likeness (QED) is 0.292. The number of benzene rings is 2. The molecule has 1 saturated heterocycles. The second kappa shape index (κ2) is 10.3. The van der Waals surface area contributed by atoms with Gasteiger partial charge in [-0.05, 0) is 24.8 Å². The Bertz CT molecular complexity index is 1310. The van der Waals surface area contributed by atoms with E-state index in [0.717, 1.165) is 0 Å². The van der Waals surface area contributed by atoms with Gasteiger partial charge in [-0.2, -0.15) is 0 Å². The van der Waals surface area contributed by atoms with E-state index in [1.165, 1.54) is 25.3 Å². The molecule has 5 rings (SSSR count). The first kappa shape index (κ1) is 27.7. The van der Waals surface area contributed by atoms with Crippen molar-refractivity contribution in [1.29, 1.82) is 0 Å². The molecule has 10 heteroatoms. The number of aliphatic hydroxyl groups excluding tert-OH is 2. The van der Waals surface area contributed by atoms with E-state index in [1.54, 1.807) is 6.92 Å². The summed E-state index contributed by atoms with van der Waals surface area (Å²) < 4.78 is 17.3. The highest BCUT2D eigenvalue weighted by molar-refractivity contribution is 6.31. The van der Waals surface area contributed by atoms with Gasteiger partial charge < -0.3 is 39.7 Å². The monoisotopic (exact) mass is 542 g/mol. The number of fused-ring (bicyclic) bond motifs is 3. The number of ketones is 2. The number of carbonyl (C=O) groups is 2. The number of carbonyl (C=O) groups excluding carboxylic acids is 2. The summed E-state index contributed by atoms with van der Waals surface area (Å²) >= 11 is 0. The summed E-state index contributed by atoms with van der Waals surface area (Å²) in [7, 11) is 1.50. The molecular weight excluding hydrogens is 508 g/mol. The van der Waals surface area contributed by atoms with Crippen molar-refractivity contribution in [3.63, 3.8) is 0 Å². The average molecular weight is 543 g/mol. The summed E-state index contributed by atoms with van der Waals surface area (Å²) in [6.45, 7) is 3.31. The van der Waals surface area contributed by atoms with Gasteiger partial charge in [-0.15, -0.1) is 0 Å². The number of ether oxygens (including phenoxy) is 3. The molecule has 1 aliphatic heterocycles. The molecule has 1 fully saturated rings. The maximum absolute atomic E-state index is 13.7. The van der Waals surface area contributed by atoms with Gasteiger partial charge in [-0.3, -0.25) is 9.59 Å². The third-order valence-electron chi connectivity index (χ3n) is 8.31. The van der Waals surface area contributed by atoms with Crippen molar-refractivity contribution in [3.8, 4) is 11.5 Å². The molecule has 0 bridgehead atoms. The molecule has 10 nitrogen and oxygen atoms in total. The Morgan fingerprint density at radius 3 is 2.46 bits per heavy atom. The van der Waals surface area contributed by atoms with Gasteiger partial charge in [0.2, 0.25) is 0 Å². The van der Waals surface area contributed by atoms with E-state index in [9.17, 15) is 35.1 Å². The lowest BCUT2D eigenvalue weighted by atomic mass is 9.72. The van der Waals surface area contributed by atoms with Gasteiger partial charge in [-0.1, -0.05) is 25.1 Å². The van der Waals surface area contributed by atoms with Gasteiger partial charge in [0.1, 0.15) is 11.5 Å². The Morgan fingerprint density at radius 2 is 1.79 bits per heavy atom. The molecular formula is C29H34O10. The number of rotatable bonds is 6. The predicted octanol–water partition coefficient (Wildman–Crippen LogP) is 2.27. The lowest BCUT2D eigenvalue weighted by molar-refractivity contribution is -0.256. The Labute approximate surface area is 225 Å². The fourth-order valence-electron chi connectivity index (χ4n) is 6.21. The smallest absolute Gasteiger partial charge is 0.198 e. The number of aliphatic hydroxyl groups is 3. The van der Waals surface area contributed by atoms with Crippen molar-refractivity contribution in [2.45, 2.75) is 76.3 Å². The molecule has 0 amide bonds. The largest absolute Gasteiger partial charge is 0.507 e. The lowest BCUT2D eigenvalue weighted by Crippen LogP contribution is -2.45. The highest BCUT2D eigenvalue weighted by Crippen LogP contribution is 2.52. The van der Waals surface area contributed by atoms with E-state index >= 15 is 0 Å². The molecule has 39 heavy (non-hydrogen) atoms. The fourth-order valence-corrected chi connectivity index (χ4v) is 6.21. The number of methoxy groups -OCH3 is 1. The molecule has 2 aliphatic carbocycles. The summed E-state index contributed by atoms with van der Waals surface area (Å²) in [6, 6.07) is 4.49. The van der Waals surface area contributed by atoms with Crippen molar-refractivity contribution in [1.82, 2.24) is 0 Å². The number of hydrogen-bond acceptors (Lipinski definition) is 10. The molecule has 210 valence electrons. The summed E-state index contributed by atoms with van der Waals surface area (Å²) in [5.74, 6) is -2.51. The zero-order valence-corrected chi connectivity index (χ0v) is 22.1. The van der Waals surface area contributed by atoms with Crippen LogP contribution < -0.4 is 0 Å². The highest BCUT2D eigenvalue weighted by Gasteiger charge is 2.47. The number of hydrogen-bond donors (Lipinski definition) is 5. The normalized spacial score (nSPS) is 30.1. The maximum atomic E-state index is 13.7. The number of phenols is 2. The van der Waals surface area contributed by atoms with Crippen LogP contribution in [0.25, 0.3) is 0 Å². The Hall–Kier alpha value is -2.86. The molecule has 1 heterocycles. The van der Waals surface area contributed by atoms with Crippen molar-refractivity contribution < 1.29 is 49.3 Å². The predicted molar refractivity (Wildman–Crippen MR) is 137 cm³/mol. The van der Waals surface area contributed by atoms with Crippen molar-refractivity contribution in [3.05, 3.63) is 57.1 Å². The van der Waals surface area contributed by atoms with Crippen LogP contribution in [-0.2, 0) is 27.2 Å². The molecule has 0 spiro atoms. The maximum Gasteiger partial charge on any atom is 0.198 e. The average Bonchev–Trinajstić information content (AvgIpc) is 2.90. The van der Waals surface area contributed by atoms with Crippen molar-refractivity contribution in [2.24, 2.45) is 5.92 Å². The first-order valence-corrected chi connectivity index (χ1v) is 13.1. The van der Waals surface area contributed by atoms with E-state index in [1.807, 2.05) is 6.92 Å². The van der Waals surface area contributed by atoms with Gasteiger partial charge in [0.15, 0.2) is 17.9 Å². The van der Waals surface area contributed by atoms with Crippen LogP contribution in [0.1, 0.15) is 87.7 Å². The van der Waals surface area contributed by atoms with Crippen molar-refractivity contribution >= 4 is 11.6 Å². The van der Waals surface area contributed by atoms with Gasteiger partial charge in [0.25, 0.3) is 0 Å². The van der Waals surface area contributed by atoms with Crippen LogP contribution >= 0.6 is 0 Å². The van der Waals surface area contributed by atoms with Crippen LogP contribution in [0.2, 0.25) is 0 Å². The van der Waals surface area contributed by atoms with Crippen LogP contribution in [0, 0.1) is 5.92 Å². The zero-order valence-electron chi connectivity index (χ0n) is 22.1. The lowest BCUT2D eigenvalue weighted by Gasteiger charge is -2.43. The fraction of sp³-hybridized carbons (Fsp3) is 0.517. The first-order chi connectivity index (χ1) is 18.5. The van der Waals surface area contributed by atoms with E-state index in [0.29, 0.717) is 6.42 Å². The number of aromatic hydroxyl groups is 2. The molecule has 3 aliphatic rings. The Kier molecular flexibility index (Phi) is 7.30. The molecule has 5 N–H and O–H groups in total.